The van der Waals surface area contributed by atoms with Gasteiger partial charge in [-0.3, -0.25) is 0 Å². The van der Waals surface area contributed by atoms with Gasteiger partial charge in [0.05, 0.1) is 0 Å². The summed E-state index contributed by atoms with van der Waals surface area (Å²) in [5.41, 5.74) is 14.3. The van der Waals surface area contributed by atoms with Gasteiger partial charge in [-0.1, -0.05) is 145 Å². The maximum atomic E-state index is 2.34. The molecule has 8 aromatic carbocycles. The van der Waals surface area contributed by atoms with E-state index in [1.165, 1.54) is 70.2 Å². The molecule has 0 bridgehead atoms. The molecular formula is C49H35NS. The van der Waals surface area contributed by atoms with Gasteiger partial charge in [-0.15, -0.1) is 11.3 Å². The Balaban J connectivity index is 1.05. The fourth-order valence-electron chi connectivity index (χ4n) is 7.02. The van der Waals surface area contributed by atoms with Crippen LogP contribution in [0.1, 0.15) is 5.56 Å². The molecule has 0 aliphatic heterocycles. The molecule has 0 N–H and O–H groups in total. The lowest BCUT2D eigenvalue weighted by Gasteiger charge is -2.26. The third-order valence-electron chi connectivity index (χ3n) is 9.78. The molecular weight excluding hydrogens is 635 g/mol. The van der Waals surface area contributed by atoms with Crippen LogP contribution in [0.4, 0.5) is 17.1 Å². The smallest absolute Gasteiger partial charge is 0.0462 e. The monoisotopic (exact) mass is 669 g/mol. The summed E-state index contributed by atoms with van der Waals surface area (Å²) < 4.78 is 2.66. The van der Waals surface area contributed by atoms with Gasteiger partial charge in [-0.05, 0) is 106 Å². The standard InChI is InChI=1S/C49H35NS/c1-34-14-16-36(17-15-34)38-20-27-44(28-21-38)50(43-25-18-37(19-26-43)35-8-3-2-4-9-35)45-29-22-39(23-30-45)40-10-7-11-41(32-40)42-24-31-47-46-12-5-6-13-48(46)51-49(47)33-42/h2-33H,1H3. The van der Waals surface area contributed by atoms with Gasteiger partial charge < -0.3 is 4.90 Å². The number of nitrogens with zero attached hydrogens (tertiary/aromatic N) is 1. The summed E-state index contributed by atoms with van der Waals surface area (Å²) in [5, 5.41) is 2.66. The molecule has 51 heavy (non-hydrogen) atoms. The first-order chi connectivity index (χ1) is 25.2. The zero-order chi connectivity index (χ0) is 34.1. The topological polar surface area (TPSA) is 3.24 Å². The lowest BCUT2D eigenvalue weighted by atomic mass is 9.98. The van der Waals surface area contributed by atoms with Gasteiger partial charge in [0.15, 0.2) is 0 Å². The van der Waals surface area contributed by atoms with E-state index in [2.05, 4.69) is 206 Å². The second-order valence-electron chi connectivity index (χ2n) is 13.1. The van der Waals surface area contributed by atoms with Gasteiger partial charge in [-0.2, -0.15) is 0 Å². The highest BCUT2D eigenvalue weighted by molar-refractivity contribution is 7.25. The quantitative estimate of drug-likeness (QED) is 0.163. The molecule has 1 aromatic heterocycles. The Hall–Kier alpha value is -6.22. The molecule has 9 aromatic rings. The van der Waals surface area contributed by atoms with Crippen molar-refractivity contribution in [2.45, 2.75) is 6.92 Å². The largest absolute Gasteiger partial charge is 0.311 e. The predicted octanol–water partition coefficient (Wildman–Crippen LogP) is 14.5. The van der Waals surface area contributed by atoms with E-state index in [4.69, 9.17) is 0 Å². The number of anilines is 3. The van der Waals surface area contributed by atoms with Gasteiger partial charge in [0.25, 0.3) is 0 Å². The third-order valence-corrected chi connectivity index (χ3v) is 10.9. The van der Waals surface area contributed by atoms with Crippen LogP contribution in [0.3, 0.4) is 0 Å². The van der Waals surface area contributed by atoms with Crippen LogP contribution in [0.5, 0.6) is 0 Å². The molecule has 0 radical (unpaired) electrons. The van der Waals surface area contributed by atoms with Gasteiger partial charge >= 0.3 is 0 Å². The zero-order valence-electron chi connectivity index (χ0n) is 28.3. The van der Waals surface area contributed by atoms with Crippen molar-refractivity contribution in [3.05, 3.63) is 200 Å². The van der Waals surface area contributed by atoms with Crippen LogP contribution >= 0.6 is 11.3 Å². The van der Waals surface area contributed by atoms with Crippen molar-refractivity contribution in [3.8, 4) is 44.5 Å². The van der Waals surface area contributed by atoms with E-state index in [1.807, 2.05) is 11.3 Å². The number of thiophene rings is 1. The van der Waals surface area contributed by atoms with E-state index in [-0.39, 0.29) is 0 Å². The lowest BCUT2D eigenvalue weighted by molar-refractivity contribution is 1.28. The van der Waals surface area contributed by atoms with Crippen molar-refractivity contribution in [2.24, 2.45) is 0 Å². The van der Waals surface area contributed by atoms with Gasteiger partial charge in [0.1, 0.15) is 0 Å². The Bertz CT molecular complexity index is 2600. The number of benzene rings is 8. The molecule has 0 aliphatic carbocycles. The predicted molar refractivity (Wildman–Crippen MR) is 220 cm³/mol. The van der Waals surface area contributed by atoms with E-state index in [1.54, 1.807) is 0 Å². The summed E-state index contributed by atoms with van der Waals surface area (Å²) in [5.74, 6) is 0. The van der Waals surface area contributed by atoms with Gasteiger partial charge in [0, 0.05) is 37.2 Å². The maximum Gasteiger partial charge on any atom is 0.0462 e. The average molecular weight is 670 g/mol. The number of hydrogen-bond acceptors (Lipinski definition) is 2. The maximum absolute atomic E-state index is 2.34. The first-order valence-electron chi connectivity index (χ1n) is 17.4. The van der Waals surface area contributed by atoms with Gasteiger partial charge in [0.2, 0.25) is 0 Å². The second kappa shape index (κ2) is 13.2. The summed E-state index contributed by atoms with van der Waals surface area (Å²) in [6.07, 6.45) is 0. The minimum atomic E-state index is 1.11. The molecule has 0 aliphatic rings. The van der Waals surface area contributed by atoms with E-state index >= 15 is 0 Å². The number of rotatable bonds is 7. The van der Waals surface area contributed by atoms with Crippen molar-refractivity contribution in [1.29, 1.82) is 0 Å². The lowest BCUT2D eigenvalue weighted by Crippen LogP contribution is -2.09. The van der Waals surface area contributed by atoms with E-state index in [9.17, 15) is 0 Å². The third kappa shape index (κ3) is 6.12. The Morgan fingerprint density at radius 1 is 0.314 bits per heavy atom. The van der Waals surface area contributed by atoms with Crippen molar-refractivity contribution < 1.29 is 0 Å². The summed E-state index contributed by atoms with van der Waals surface area (Å²) >= 11 is 1.87. The molecule has 9 rings (SSSR count). The first kappa shape index (κ1) is 30.8. The minimum absolute atomic E-state index is 1.11. The highest BCUT2D eigenvalue weighted by Crippen LogP contribution is 2.39. The van der Waals surface area contributed by atoms with Crippen molar-refractivity contribution in [1.82, 2.24) is 0 Å². The Kier molecular flexibility index (Phi) is 8.00. The molecule has 0 spiro atoms. The average Bonchev–Trinajstić information content (AvgIpc) is 3.58. The Morgan fingerprint density at radius 2 is 0.725 bits per heavy atom. The summed E-state index contributed by atoms with van der Waals surface area (Å²) in [4.78, 5) is 2.34. The molecule has 242 valence electrons. The molecule has 0 unspecified atom stereocenters. The molecule has 1 heterocycles. The number of aryl methyl sites for hydroxylation is 1. The van der Waals surface area contributed by atoms with Crippen LogP contribution < -0.4 is 4.90 Å². The molecule has 0 saturated carbocycles. The van der Waals surface area contributed by atoms with Gasteiger partial charge in [-0.25, -0.2) is 0 Å². The van der Waals surface area contributed by atoms with Crippen LogP contribution in [0.2, 0.25) is 0 Å². The molecule has 0 saturated heterocycles. The van der Waals surface area contributed by atoms with E-state index in [0.717, 1.165) is 17.1 Å². The molecule has 0 amide bonds. The fourth-order valence-corrected chi connectivity index (χ4v) is 8.16. The molecule has 0 fully saturated rings. The highest BCUT2D eigenvalue weighted by atomic mass is 32.1. The van der Waals surface area contributed by atoms with Crippen LogP contribution in [0.25, 0.3) is 64.7 Å². The summed E-state index contributed by atoms with van der Waals surface area (Å²) in [6.45, 7) is 2.13. The molecule has 1 nitrogen and oxygen atoms in total. The summed E-state index contributed by atoms with van der Waals surface area (Å²) in [7, 11) is 0. The zero-order valence-corrected chi connectivity index (χ0v) is 29.1. The number of fused-ring (bicyclic) bond motifs is 3. The summed E-state index contributed by atoms with van der Waals surface area (Å²) in [6, 6.07) is 70.5. The van der Waals surface area contributed by atoms with Crippen LogP contribution in [0, 0.1) is 6.92 Å². The van der Waals surface area contributed by atoms with Crippen molar-refractivity contribution in [3.63, 3.8) is 0 Å². The van der Waals surface area contributed by atoms with Crippen LogP contribution in [-0.4, -0.2) is 0 Å². The molecule has 2 heteroatoms. The second-order valence-corrected chi connectivity index (χ2v) is 14.2. The minimum Gasteiger partial charge on any atom is -0.311 e. The fraction of sp³-hybridized carbons (Fsp3) is 0.0204. The normalized spacial score (nSPS) is 11.2. The first-order valence-corrected chi connectivity index (χ1v) is 18.2. The van der Waals surface area contributed by atoms with E-state index in [0.29, 0.717) is 0 Å². The highest BCUT2D eigenvalue weighted by Gasteiger charge is 2.14. The Morgan fingerprint density at radius 3 is 1.33 bits per heavy atom. The number of hydrogen-bond donors (Lipinski definition) is 0. The Labute approximate surface area is 303 Å². The van der Waals surface area contributed by atoms with Crippen molar-refractivity contribution in [2.75, 3.05) is 4.90 Å². The van der Waals surface area contributed by atoms with E-state index < -0.39 is 0 Å². The SMILES string of the molecule is Cc1ccc(-c2ccc(N(c3ccc(-c4ccccc4)cc3)c3ccc(-c4cccc(-c5ccc6c(c5)sc5ccccc56)c4)cc3)cc2)cc1. The van der Waals surface area contributed by atoms with Crippen molar-refractivity contribution >= 4 is 48.6 Å². The molecule has 0 atom stereocenters. The van der Waals surface area contributed by atoms with Crippen LogP contribution in [-0.2, 0) is 0 Å². The van der Waals surface area contributed by atoms with Crippen LogP contribution in [0.15, 0.2) is 194 Å².